The van der Waals surface area contributed by atoms with Crippen molar-refractivity contribution in [3.05, 3.63) is 51.3 Å². The molecule has 0 radical (unpaired) electrons. The maximum absolute atomic E-state index is 12.5. The van der Waals surface area contributed by atoms with Crippen LogP contribution in [0.15, 0.2) is 39.3 Å². The number of aliphatic hydroxyl groups is 1. The summed E-state index contributed by atoms with van der Waals surface area (Å²) >= 11 is 0. The third-order valence-corrected chi connectivity index (χ3v) is 3.72. The number of esters is 1. The first-order valence-corrected chi connectivity index (χ1v) is 8.10. The number of benzene rings is 1. The summed E-state index contributed by atoms with van der Waals surface area (Å²) in [4.78, 5) is 24.3. The molecule has 0 bridgehead atoms. The molecule has 2 rings (SSSR count). The van der Waals surface area contributed by atoms with Gasteiger partial charge in [0.2, 0.25) is 5.88 Å². The molecule has 1 aromatic carbocycles. The van der Waals surface area contributed by atoms with E-state index in [1.54, 1.807) is 25.1 Å². The fraction of sp³-hybridized carbons (Fsp3) is 0.278. The third kappa shape index (κ3) is 4.19. The highest BCUT2D eigenvalue weighted by Gasteiger charge is 2.18. The fourth-order valence-corrected chi connectivity index (χ4v) is 2.38. The standard InChI is InChI=1S/C18H18N4O5/c1-3-27-18(26)12-5-4-6-13(9-12)20-21-15-11(2)14(10-19)16(24)22(7-8-23)17(15)25/h4-6,9,23-24H,3,7-8H2,1-2H3. The highest BCUT2D eigenvalue weighted by molar-refractivity contribution is 5.90. The molecule has 0 saturated heterocycles. The molecule has 0 unspecified atom stereocenters. The highest BCUT2D eigenvalue weighted by Crippen LogP contribution is 2.27. The van der Waals surface area contributed by atoms with Gasteiger partial charge in [0, 0.05) is 5.56 Å². The second-order valence-corrected chi connectivity index (χ2v) is 5.44. The number of nitrogens with zero attached hydrogens (tertiary/aromatic N) is 4. The number of ether oxygens (including phenoxy) is 1. The minimum atomic E-state index is -0.691. The Labute approximate surface area is 154 Å². The van der Waals surface area contributed by atoms with Gasteiger partial charge in [0.05, 0.1) is 31.0 Å². The van der Waals surface area contributed by atoms with Gasteiger partial charge in [0.1, 0.15) is 11.6 Å². The molecule has 27 heavy (non-hydrogen) atoms. The number of hydrogen-bond acceptors (Lipinski definition) is 8. The van der Waals surface area contributed by atoms with Gasteiger partial charge in [-0.2, -0.15) is 10.4 Å². The first-order chi connectivity index (χ1) is 12.9. The van der Waals surface area contributed by atoms with E-state index in [1.807, 2.05) is 6.07 Å². The Balaban J connectivity index is 2.50. The predicted molar refractivity (Wildman–Crippen MR) is 95.5 cm³/mol. The Kier molecular flexibility index (Phi) is 6.41. The van der Waals surface area contributed by atoms with Gasteiger partial charge in [-0.25, -0.2) is 4.79 Å². The summed E-state index contributed by atoms with van der Waals surface area (Å²) in [5.41, 5.74) is -0.203. The zero-order valence-corrected chi connectivity index (χ0v) is 14.8. The smallest absolute Gasteiger partial charge is 0.338 e. The highest BCUT2D eigenvalue weighted by atomic mass is 16.5. The van der Waals surface area contributed by atoms with Gasteiger partial charge in [0.25, 0.3) is 5.56 Å². The van der Waals surface area contributed by atoms with Gasteiger partial charge in [-0.3, -0.25) is 9.36 Å². The number of carbonyl (C=O) groups is 1. The largest absolute Gasteiger partial charge is 0.493 e. The van der Waals surface area contributed by atoms with Crippen LogP contribution in [-0.4, -0.2) is 34.0 Å². The Hall–Kier alpha value is -3.51. The van der Waals surface area contributed by atoms with Gasteiger partial charge in [-0.1, -0.05) is 6.07 Å². The number of azo groups is 1. The van der Waals surface area contributed by atoms with Crippen LogP contribution in [-0.2, 0) is 11.3 Å². The summed E-state index contributed by atoms with van der Waals surface area (Å²) in [7, 11) is 0. The fourth-order valence-electron chi connectivity index (χ4n) is 2.38. The Morgan fingerprint density at radius 3 is 2.74 bits per heavy atom. The van der Waals surface area contributed by atoms with Gasteiger partial charge >= 0.3 is 5.97 Å². The summed E-state index contributed by atoms with van der Waals surface area (Å²) in [6, 6.07) is 8.00. The molecule has 0 aliphatic rings. The van der Waals surface area contributed by atoms with Crippen molar-refractivity contribution in [2.45, 2.75) is 20.4 Å². The van der Waals surface area contributed by atoms with E-state index < -0.39 is 24.0 Å². The van der Waals surface area contributed by atoms with Crippen molar-refractivity contribution in [1.82, 2.24) is 4.57 Å². The quantitative estimate of drug-likeness (QED) is 0.591. The van der Waals surface area contributed by atoms with Crippen LogP contribution in [0.1, 0.15) is 28.4 Å². The van der Waals surface area contributed by atoms with Crippen molar-refractivity contribution in [3.63, 3.8) is 0 Å². The van der Waals surface area contributed by atoms with Crippen LogP contribution in [0.4, 0.5) is 11.4 Å². The maximum atomic E-state index is 12.5. The van der Waals surface area contributed by atoms with Gasteiger partial charge in [-0.05, 0) is 32.0 Å². The Bertz CT molecular complexity index is 988. The van der Waals surface area contributed by atoms with Crippen LogP contribution in [0.5, 0.6) is 5.88 Å². The average molecular weight is 370 g/mol. The molecular weight excluding hydrogens is 352 g/mol. The third-order valence-electron chi connectivity index (χ3n) is 3.72. The predicted octanol–water partition coefficient (Wildman–Crippen LogP) is 2.32. The molecule has 0 spiro atoms. The molecule has 9 heteroatoms. The lowest BCUT2D eigenvalue weighted by atomic mass is 10.1. The van der Waals surface area contributed by atoms with Crippen molar-refractivity contribution < 1.29 is 19.7 Å². The molecule has 0 saturated carbocycles. The normalized spacial score (nSPS) is 10.7. The Morgan fingerprint density at radius 1 is 1.37 bits per heavy atom. The van der Waals surface area contributed by atoms with E-state index in [9.17, 15) is 20.0 Å². The lowest BCUT2D eigenvalue weighted by Crippen LogP contribution is -2.23. The molecule has 2 N–H and O–H groups in total. The van der Waals surface area contributed by atoms with Crippen molar-refractivity contribution in [2.75, 3.05) is 13.2 Å². The SMILES string of the molecule is CCOC(=O)c1cccc(N=Nc2c(C)c(C#N)c(O)n(CCO)c2=O)c1. The van der Waals surface area contributed by atoms with E-state index in [4.69, 9.17) is 9.84 Å². The minimum absolute atomic E-state index is 0.128. The second kappa shape index (κ2) is 8.73. The zero-order chi connectivity index (χ0) is 20.0. The van der Waals surface area contributed by atoms with Crippen LogP contribution < -0.4 is 5.56 Å². The molecule has 9 nitrogen and oxygen atoms in total. The van der Waals surface area contributed by atoms with E-state index >= 15 is 0 Å². The molecule has 0 fully saturated rings. The second-order valence-electron chi connectivity index (χ2n) is 5.44. The van der Waals surface area contributed by atoms with E-state index in [1.165, 1.54) is 13.0 Å². The molecule has 0 amide bonds. The molecular formula is C18H18N4O5. The summed E-state index contributed by atoms with van der Waals surface area (Å²) in [6.45, 7) is 2.80. The monoisotopic (exact) mass is 370 g/mol. The van der Waals surface area contributed by atoms with Crippen molar-refractivity contribution in [2.24, 2.45) is 10.2 Å². The van der Waals surface area contributed by atoms with Crippen molar-refractivity contribution in [3.8, 4) is 11.9 Å². The molecule has 0 atom stereocenters. The van der Waals surface area contributed by atoms with Gasteiger partial charge in [-0.15, -0.1) is 5.11 Å². The first kappa shape index (κ1) is 19.8. The summed E-state index contributed by atoms with van der Waals surface area (Å²) in [5.74, 6) is -1.04. The van der Waals surface area contributed by atoms with Gasteiger partial charge in [0.15, 0.2) is 5.69 Å². The lowest BCUT2D eigenvalue weighted by molar-refractivity contribution is 0.0526. The molecule has 2 aromatic rings. The number of aromatic nitrogens is 1. The van der Waals surface area contributed by atoms with E-state index in [-0.39, 0.29) is 35.5 Å². The Morgan fingerprint density at radius 2 is 2.11 bits per heavy atom. The van der Waals surface area contributed by atoms with E-state index in [2.05, 4.69) is 10.2 Å². The zero-order valence-electron chi connectivity index (χ0n) is 14.8. The van der Waals surface area contributed by atoms with Crippen LogP contribution in [0, 0.1) is 18.3 Å². The molecule has 0 aliphatic heterocycles. The molecule has 140 valence electrons. The first-order valence-electron chi connectivity index (χ1n) is 8.10. The number of aromatic hydroxyl groups is 1. The average Bonchev–Trinajstić information content (AvgIpc) is 2.66. The van der Waals surface area contributed by atoms with Crippen LogP contribution in [0.2, 0.25) is 0 Å². The maximum Gasteiger partial charge on any atom is 0.338 e. The van der Waals surface area contributed by atoms with Crippen LogP contribution in [0.25, 0.3) is 0 Å². The van der Waals surface area contributed by atoms with Crippen LogP contribution in [0.3, 0.4) is 0 Å². The van der Waals surface area contributed by atoms with Gasteiger partial charge < -0.3 is 14.9 Å². The number of rotatable bonds is 6. The lowest BCUT2D eigenvalue weighted by Gasteiger charge is -2.11. The van der Waals surface area contributed by atoms with E-state index in [0.717, 1.165) is 4.57 Å². The minimum Gasteiger partial charge on any atom is -0.493 e. The molecule has 1 aromatic heterocycles. The summed E-state index contributed by atoms with van der Waals surface area (Å²) in [6.07, 6.45) is 0. The number of hydrogen-bond donors (Lipinski definition) is 2. The molecule has 1 heterocycles. The van der Waals surface area contributed by atoms with Crippen molar-refractivity contribution >= 4 is 17.3 Å². The number of aliphatic hydroxyl groups excluding tert-OH is 1. The van der Waals surface area contributed by atoms with Crippen LogP contribution >= 0.6 is 0 Å². The summed E-state index contributed by atoms with van der Waals surface area (Å²) in [5, 5.41) is 36.2. The number of nitriles is 1. The summed E-state index contributed by atoms with van der Waals surface area (Å²) < 4.78 is 5.77. The van der Waals surface area contributed by atoms with Crippen molar-refractivity contribution in [1.29, 1.82) is 5.26 Å². The van der Waals surface area contributed by atoms with E-state index in [0.29, 0.717) is 5.69 Å². The number of carbonyl (C=O) groups excluding carboxylic acids is 1. The molecule has 0 aliphatic carbocycles. The topological polar surface area (TPSA) is 137 Å². The number of pyridine rings is 1.